The van der Waals surface area contributed by atoms with Crippen LogP contribution in [0.3, 0.4) is 0 Å². The van der Waals surface area contributed by atoms with Gasteiger partial charge in [0.1, 0.15) is 5.75 Å². The summed E-state index contributed by atoms with van der Waals surface area (Å²) in [6, 6.07) is 6.40. The largest absolute Gasteiger partial charge is 0.496 e. The van der Waals surface area contributed by atoms with E-state index in [2.05, 4.69) is 23.9 Å². The Morgan fingerprint density at radius 3 is 2.72 bits per heavy atom. The van der Waals surface area contributed by atoms with E-state index >= 15 is 0 Å². The Morgan fingerprint density at radius 1 is 1.39 bits per heavy atom. The van der Waals surface area contributed by atoms with Crippen LogP contribution in [0.25, 0.3) is 0 Å². The third-order valence-electron chi connectivity index (χ3n) is 3.61. The zero-order valence-electron chi connectivity index (χ0n) is 11.3. The number of nitrogens with two attached hydrogens (primary N) is 1. The van der Waals surface area contributed by atoms with E-state index in [-0.39, 0.29) is 6.04 Å². The van der Waals surface area contributed by atoms with Gasteiger partial charge in [0.2, 0.25) is 0 Å². The van der Waals surface area contributed by atoms with E-state index < -0.39 is 0 Å². The molecule has 0 radical (unpaired) electrons. The molecule has 1 aliphatic rings. The second-order valence-corrected chi connectivity index (χ2v) is 6.37. The number of ether oxygens (including phenoxy) is 1. The Labute approximate surface area is 114 Å². The van der Waals surface area contributed by atoms with Crippen LogP contribution in [0.2, 0.25) is 0 Å². The maximum Gasteiger partial charge on any atom is 0.122 e. The first kappa shape index (κ1) is 13.8. The fourth-order valence-electron chi connectivity index (χ4n) is 2.46. The first-order chi connectivity index (χ1) is 8.70. The zero-order chi connectivity index (χ0) is 13.0. The Bertz CT molecular complexity index is 386. The van der Waals surface area contributed by atoms with Gasteiger partial charge in [0.15, 0.2) is 0 Å². The van der Waals surface area contributed by atoms with Crippen LogP contribution in [0, 0.1) is 0 Å². The molecule has 2 N–H and O–H groups in total. The molecule has 2 nitrogen and oxygen atoms in total. The van der Waals surface area contributed by atoms with Crippen LogP contribution in [-0.4, -0.2) is 12.4 Å². The molecule has 0 aliphatic heterocycles. The maximum absolute atomic E-state index is 5.94. The highest BCUT2D eigenvalue weighted by atomic mass is 32.2. The van der Waals surface area contributed by atoms with Crippen LogP contribution in [0.4, 0.5) is 0 Å². The second kappa shape index (κ2) is 6.48. The summed E-state index contributed by atoms with van der Waals surface area (Å²) in [7, 11) is 1.74. The third-order valence-corrected chi connectivity index (χ3v) is 5.03. The molecule has 1 aliphatic carbocycles. The molecular formula is C15H23NOS. The normalized spacial score (nSPS) is 17.9. The molecule has 1 aromatic carbocycles. The van der Waals surface area contributed by atoms with Gasteiger partial charge in [-0.2, -0.15) is 11.8 Å². The van der Waals surface area contributed by atoms with Crippen LogP contribution >= 0.6 is 11.8 Å². The summed E-state index contributed by atoms with van der Waals surface area (Å²) in [6.07, 6.45) is 5.54. The standard InChI is InChI=1S/C15H23NOS/c1-11(16)12-7-8-15(17-2)13(9-12)10-18-14-5-3-4-6-14/h7-9,11,14H,3-6,10,16H2,1-2H3. The molecule has 1 unspecified atom stereocenters. The van der Waals surface area contributed by atoms with E-state index in [9.17, 15) is 0 Å². The van der Waals surface area contributed by atoms with Crippen molar-refractivity contribution in [3.63, 3.8) is 0 Å². The van der Waals surface area contributed by atoms with E-state index in [1.165, 1.54) is 36.8 Å². The molecular weight excluding hydrogens is 242 g/mol. The topological polar surface area (TPSA) is 35.2 Å². The molecule has 0 heterocycles. The van der Waals surface area contributed by atoms with Crippen molar-refractivity contribution in [2.24, 2.45) is 5.73 Å². The van der Waals surface area contributed by atoms with Gasteiger partial charge >= 0.3 is 0 Å². The van der Waals surface area contributed by atoms with Crippen molar-refractivity contribution in [1.29, 1.82) is 0 Å². The average Bonchev–Trinajstić information content (AvgIpc) is 2.89. The van der Waals surface area contributed by atoms with Gasteiger partial charge in [-0.05, 0) is 37.5 Å². The van der Waals surface area contributed by atoms with Gasteiger partial charge < -0.3 is 10.5 Å². The number of hydrogen-bond acceptors (Lipinski definition) is 3. The third kappa shape index (κ3) is 3.42. The summed E-state index contributed by atoms with van der Waals surface area (Å²) in [5, 5.41) is 0.841. The Balaban J connectivity index is 2.05. The smallest absolute Gasteiger partial charge is 0.122 e. The average molecular weight is 265 g/mol. The molecule has 1 aromatic rings. The van der Waals surface area contributed by atoms with Crippen molar-refractivity contribution in [3.8, 4) is 5.75 Å². The molecule has 0 bridgehead atoms. The summed E-state index contributed by atoms with van der Waals surface area (Å²) in [4.78, 5) is 0. The quantitative estimate of drug-likeness (QED) is 0.877. The molecule has 2 rings (SSSR count). The molecule has 1 atom stereocenters. The number of methoxy groups -OCH3 is 1. The van der Waals surface area contributed by atoms with Crippen molar-refractivity contribution in [1.82, 2.24) is 0 Å². The molecule has 1 saturated carbocycles. The van der Waals surface area contributed by atoms with Crippen molar-refractivity contribution in [2.45, 2.75) is 49.7 Å². The lowest BCUT2D eigenvalue weighted by Crippen LogP contribution is -2.06. The fourth-order valence-corrected chi connectivity index (χ4v) is 3.76. The number of thioether (sulfide) groups is 1. The predicted octanol–water partition coefficient (Wildman–Crippen LogP) is 3.89. The summed E-state index contributed by atoms with van der Waals surface area (Å²) < 4.78 is 5.44. The predicted molar refractivity (Wildman–Crippen MR) is 79.1 cm³/mol. The van der Waals surface area contributed by atoms with Gasteiger partial charge in [-0.25, -0.2) is 0 Å². The lowest BCUT2D eigenvalue weighted by Gasteiger charge is -2.14. The van der Waals surface area contributed by atoms with Crippen molar-refractivity contribution < 1.29 is 4.74 Å². The van der Waals surface area contributed by atoms with Gasteiger partial charge in [-0.3, -0.25) is 0 Å². The van der Waals surface area contributed by atoms with Crippen LogP contribution in [0.1, 0.15) is 49.8 Å². The van der Waals surface area contributed by atoms with E-state index in [0.717, 1.165) is 16.8 Å². The Morgan fingerprint density at radius 2 is 2.11 bits per heavy atom. The first-order valence-electron chi connectivity index (χ1n) is 6.74. The molecule has 3 heteroatoms. The van der Waals surface area contributed by atoms with E-state index in [1.54, 1.807) is 7.11 Å². The van der Waals surface area contributed by atoms with Crippen molar-refractivity contribution in [2.75, 3.05) is 7.11 Å². The molecule has 18 heavy (non-hydrogen) atoms. The lowest BCUT2D eigenvalue weighted by molar-refractivity contribution is 0.411. The van der Waals surface area contributed by atoms with Gasteiger partial charge in [0.25, 0.3) is 0 Å². The van der Waals surface area contributed by atoms with Crippen molar-refractivity contribution in [3.05, 3.63) is 29.3 Å². The highest BCUT2D eigenvalue weighted by Gasteiger charge is 2.16. The molecule has 100 valence electrons. The minimum absolute atomic E-state index is 0.0890. The molecule has 0 saturated heterocycles. The van der Waals surface area contributed by atoms with E-state index in [0.29, 0.717) is 0 Å². The highest BCUT2D eigenvalue weighted by Crippen LogP contribution is 2.34. The molecule has 0 amide bonds. The van der Waals surface area contributed by atoms with E-state index in [1.807, 2.05) is 13.0 Å². The van der Waals surface area contributed by atoms with Crippen LogP contribution < -0.4 is 10.5 Å². The second-order valence-electron chi connectivity index (χ2n) is 5.08. The van der Waals surface area contributed by atoms with Crippen LogP contribution in [0.5, 0.6) is 5.75 Å². The van der Waals surface area contributed by atoms with Crippen LogP contribution in [0.15, 0.2) is 18.2 Å². The maximum atomic E-state index is 5.94. The van der Waals surface area contributed by atoms with Crippen LogP contribution in [-0.2, 0) is 5.75 Å². The van der Waals surface area contributed by atoms with Gasteiger partial charge in [-0.15, -0.1) is 0 Å². The number of rotatable bonds is 5. The zero-order valence-corrected chi connectivity index (χ0v) is 12.1. The summed E-state index contributed by atoms with van der Waals surface area (Å²) >= 11 is 2.07. The van der Waals surface area contributed by atoms with Gasteiger partial charge in [0.05, 0.1) is 7.11 Å². The van der Waals surface area contributed by atoms with Gasteiger partial charge in [-0.1, -0.05) is 18.9 Å². The minimum atomic E-state index is 0.0890. The summed E-state index contributed by atoms with van der Waals surface area (Å²) in [5.41, 5.74) is 8.42. The SMILES string of the molecule is COc1ccc(C(C)N)cc1CSC1CCCC1. The monoisotopic (exact) mass is 265 g/mol. The summed E-state index contributed by atoms with van der Waals surface area (Å²) in [5.74, 6) is 2.03. The lowest BCUT2D eigenvalue weighted by atomic mass is 10.1. The first-order valence-corrected chi connectivity index (χ1v) is 7.79. The van der Waals surface area contributed by atoms with E-state index in [4.69, 9.17) is 10.5 Å². The van der Waals surface area contributed by atoms with Crippen molar-refractivity contribution >= 4 is 11.8 Å². The molecule has 0 aromatic heterocycles. The Hall–Kier alpha value is -0.670. The Kier molecular flexibility index (Phi) is 4.95. The fraction of sp³-hybridized carbons (Fsp3) is 0.600. The number of hydrogen-bond donors (Lipinski definition) is 1. The number of benzene rings is 1. The summed E-state index contributed by atoms with van der Waals surface area (Å²) in [6.45, 7) is 2.02. The molecule has 1 fully saturated rings. The highest BCUT2D eigenvalue weighted by molar-refractivity contribution is 7.99. The molecule has 0 spiro atoms. The minimum Gasteiger partial charge on any atom is -0.496 e. The van der Waals surface area contributed by atoms with Gasteiger partial charge in [0, 0.05) is 22.6 Å².